The number of nitrogens with one attached hydrogen (secondary N) is 1. The van der Waals surface area contributed by atoms with Crippen molar-refractivity contribution in [2.75, 3.05) is 11.1 Å². The largest absolute Gasteiger partial charge is 0.395 e. The molecule has 0 aliphatic carbocycles. The van der Waals surface area contributed by atoms with Gasteiger partial charge in [-0.05, 0) is 26.0 Å². The molecular weight excluding hydrogens is 283 g/mol. The van der Waals surface area contributed by atoms with E-state index >= 15 is 0 Å². The van der Waals surface area contributed by atoms with Gasteiger partial charge in [0.25, 0.3) is 5.91 Å². The molecule has 5 nitrogen and oxygen atoms in total. The number of carbonyl (C=O) groups excluding carboxylic acids is 1. The van der Waals surface area contributed by atoms with Crippen LogP contribution in [0.2, 0.25) is 5.02 Å². The van der Waals surface area contributed by atoms with E-state index in [1.807, 2.05) is 6.92 Å². The quantitative estimate of drug-likeness (QED) is 0.914. The number of nitrogens with zero attached hydrogens (tertiary/aromatic N) is 2. The third kappa shape index (κ3) is 2.46. The lowest BCUT2D eigenvalue weighted by Gasteiger charge is -2.09. The molecule has 0 saturated heterocycles. The Labute approximate surface area is 120 Å². The van der Waals surface area contributed by atoms with Gasteiger partial charge in [0.15, 0.2) is 0 Å². The lowest BCUT2D eigenvalue weighted by Crippen LogP contribution is -2.19. The van der Waals surface area contributed by atoms with Crippen LogP contribution >= 0.6 is 11.6 Å². The van der Waals surface area contributed by atoms with Crippen LogP contribution in [0, 0.1) is 12.7 Å². The smallest absolute Gasteiger partial charge is 0.276 e. The summed E-state index contributed by atoms with van der Waals surface area (Å²) in [6, 6.07) is 4.17. The summed E-state index contributed by atoms with van der Waals surface area (Å²) in [7, 11) is 0. The number of nitrogen functional groups attached to an aromatic ring is 1. The molecular formula is C13H14ClFN4O. The van der Waals surface area contributed by atoms with Crippen molar-refractivity contribution in [1.29, 1.82) is 0 Å². The lowest BCUT2D eigenvalue weighted by atomic mass is 10.2. The van der Waals surface area contributed by atoms with Crippen LogP contribution < -0.4 is 11.1 Å². The molecule has 1 aromatic heterocycles. The van der Waals surface area contributed by atoms with Crippen molar-refractivity contribution in [2.24, 2.45) is 0 Å². The normalized spacial score (nSPS) is 10.6. The van der Waals surface area contributed by atoms with E-state index in [0.717, 1.165) is 0 Å². The summed E-state index contributed by atoms with van der Waals surface area (Å²) in [4.78, 5) is 12.3. The maximum absolute atomic E-state index is 13.7. The fourth-order valence-corrected chi connectivity index (χ4v) is 2.06. The van der Waals surface area contributed by atoms with E-state index in [0.29, 0.717) is 12.2 Å². The van der Waals surface area contributed by atoms with Gasteiger partial charge in [-0.1, -0.05) is 17.7 Å². The Balaban J connectivity index is 2.38. The molecule has 0 radical (unpaired) electrons. The predicted molar refractivity (Wildman–Crippen MR) is 76.4 cm³/mol. The molecule has 20 heavy (non-hydrogen) atoms. The Morgan fingerprint density at radius 1 is 1.55 bits per heavy atom. The van der Waals surface area contributed by atoms with Crippen molar-refractivity contribution < 1.29 is 9.18 Å². The predicted octanol–water partition coefficient (Wildman–Crippen LogP) is 2.84. The van der Waals surface area contributed by atoms with Gasteiger partial charge in [0.05, 0.1) is 22.1 Å². The fraction of sp³-hybridized carbons (Fsp3) is 0.231. The minimum atomic E-state index is -0.608. The van der Waals surface area contributed by atoms with Crippen LogP contribution in [0.15, 0.2) is 18.2 Å². The van der Waals surface area contributed by atoms with E-state index in [4.69, 9.17) is 17.3 Å². The third-order valence-corrected chi connectivity index (χ3v) is 3.20. The molecule has 7 heteroatoms. The van der Waals surface area contributed by atoms with Crippen LogP contribution in [0.5, 0.6) is 0 Å². The van der Waals surface area contributed by atoms with Crippen LogP contribution in [-0.4, -0.2) is 15.7 Å². The first-order chi connectivity index (χ1) is 9.45. The number of benzene rings is 1. The zero-order valence-electron chi connectivity index (χ0n) is 11.1. The SMILES string of the molecule is CCn1nc(C)c(N)c1C(=O)Nc1c(F)cccc1Cl. The molecule has 1 amide bonds. The maximum atomic E-state index is 13.7. The van der Waals surface area contributed by atoms with Crippen molar-refractivity contribution in [3.8, 4) is 0 Å². The van der Waals surface area contributed by atoms with Crippen LogP contribution in [0.4, 0.5) is 15.8 Å². The number of carbonyl (C=O) groups is 1. The summed E-state index contributed by atoms with van der Waals surface area (Å²) in [6.07, 6.45) is 0. The zero-order valence-corrected chi connectivity index (χ0v) is 11.8. The molecule has 0 aliphatic rings. The minimum absolute atomic E-state index is 0.0694. The first kappa shape index (κ1) is 14.3. The number of nitrogens with two attached hydrogens (primary N) is 1. The van der Waals surface area contributed by atoms with Crippen molar-refractivity contribution in [1.82, 2.24) is 9.78 Å². The van der Waals surface area contributed by atoms with Crippen LogP contribution in [0.25, 0.3) is 0 Å². The standard InChI is InChI=1S/C13H14ClFN4O/c1-3-19-12(10(16)7(2)18-19)13(20)17-11-8(14)5-4-6-9(11)15/h4-6H,3,16H2,1-2H3,(H,17,20). The average molecular weight is 297 g/mol. The van der Waals surface area contributed by atoms with E-state index < -0.39 is 11.7 Å². The Kier molecular flexibility index (Phi) is 3.94. The molecule has 2 rings (SSSR count). The van der Waals surface area contributed by atoms with Crippen molar-refractivity contribution in [3.05, 3.63) is 40.4 Å². The van der Waals surface area contributed by atoms with Gasteiger partial charge in [-0.25, -0.2) is 4.39 Å². The second kappa shape index (κ2) is 5.50. The Morgan fingerprint density at radius 2 is 2.25 bits per heavy atom. The molecule has 106 valence electrons. The average Bonchev–Trinajstić information content (AvgIpc) is 2.69. The van der Waals surface area contributed by atoms with E-state index in [-0.39, 0.29) is 22.1 Å². The lowest BCUT2D eigenvalue weighted by molar-refractivity contribution is 0.101. The molecule has 3 N–H and O–H groups in total. The molecule has 0 bridgehead atoms. The molecule has 2 aromatic rings. The highest BCUT2D eigenvalue weighted by Crippen LogP contribution is 2.26. The van der Waals surface area contributed by atoms with Gasteiger partial charge < -0.3 is 11.1 Å². The van der Waals surface area contributed by atoms with Gasteiger partial charge in [-0.2, -0.15) is 5.10 Å². The molecule has 0 fully saturated rings. The number of amides is 1. The first-order valence-electron chi connectivity index (χ1n) is 6.04. The Morgan fingerprint density at radius 3 is 2.85 bits per heavy atom. The van der Waals surface area contributed by atoms with Gasteiger partial charge in [-0.15, -0.1) is 0 Å². The summed E-state index contributed by atoms with van der Waals surface area (Å²) in [5.41, 5.74) is 6.80. The highest BCUT2D eigenvalue weighted by molar-refractivity contribution is 6.34. The van der Waals surface area contributed by atoms with E-state index in [9.17, 15) is 9.18 Å². The third-order valence-electron chi connectivity index (χ3n) is 2.89. The summed E-state index contributed by atoms with van der Waals surface area (Å²) < 4.78 is 15.1. The number of para-hydroxylation sites is 1. The number of hydrogen-bond acceptors (Lipinski definition) is 3. The summed E-state index contributed by atoms with van der Waals surface area (Å²) in [6.45, 7) is 4.01. The minimum Gasteiger partial charge on any atom is -0.395 e. The molecule has 0 aliphatic heterocycles. The summed E-state index contributed by atoms with van der Waals surface area (Å²) in [5.74, 6) is -1.15. The number of hydrogen-bond donors (Lipinski definition) is 2. The van der Waals surface area contributed by atoms with Crippen molar-refractivity contribution in [2.45, 2.75) is 20.4 Å². The number of halogens is 2. The number of anilines is 2. The van der Waals surface area contributed by atoms with Gasteiger partial charge in [-0.3, -0.25) is 9.48 Å². The Hall–Kier alpha value is -2.08. The number of aryl methyl sites for hydroxylation is 2. The van der Waals surface area contributed by atoms with Crippen LogP contribution in [-0.2, 0) is 6.54 Å². The highest BCUT2D eigenvalue weighted by Gasteiger charge is 2.21. The summed E-state index contributed by atoms with van der Waals surface area (Å²) in [5, 5.41) is 6.70. The van der Waals surface area contributed by atoms with E-state index in [1.54, 1.807) is 6.92 Å². The highest BCUT2D eigenvalue weighted by atomic mass is 35.5. The molecule has 1 aromatic carbocycles. The second-order valence-electron chi connectivity index (χ2n) is 4.21. The molecule has 0 atom stereocenters. The molecule has 0 spiro atoms. The first-order valence-corrected chi connectivity index (χ1v) is 6.41. The second-order valence-corrected chi connectivity index (χ2v) is 4.62. The maximum Gasteiger partial charge on any atom is 0.276 e. The Bertz CT molecular complexity index is 648. The fourth-order valence-electron chi connectivity index (χ4n) is 1.85. The van der Waals surface area contributed by atoms with Gasteiger partial charge in [0.1, 0.15) is 11.5 Å². The van der Waals surface area contributed by atoms with E-state index in [1.165, 1.54) is 22.9 Å². The summed E-state index contributed by atoms with van der Waals surface area (Å²) >= 11 is 5.87. The van der Waals surface area contributed by atoms with Crippen molar-refractivity contribution >= 4 is 28.9 Å². The monoisotopic (exact) mass is 296 g/mol. The number of rotatable bonds is 3. The number of aromatic nitrogens is 2. The van der Waals surface area contributed by atoms with Crippen LogP contribution in [0.1, 0.15) is 23.1 Å². The van der Waals surface area contributed by atoms with Gasteiger partial charge >= 0.3 is 0 Å². The van der Waals surface area contributed by atoms with E-state index in [2.05, 4.69) is 10.4 Å². The topological polar surface area (TPSA) is 72.9 Å². The molecule has 0 saturated carbocycles. The van der Waals surface area contributed by atoms with Crippen molar-refractivity contribution in [3.63, 3.8) is 0 Å². The molecule has 1 heterocycles. The zero-order chi connectivity index (χ0) is 14.9. The van der Waals surface area contributed by atoms with Gasteiger partial charge in [0.2, 0.25) is 0 Å². The van der Waals surface area contributed by atoms with Crippen LogP contribution in [0.3, 0.4) is 0 Å². The molecule has 0 unspecified atom stereocenters. The van der Waals surface area contributed by atoms with Gasteiger partial charge in [0, 0.05) is 6.54 Å².